The molecule has 0 saturated heterocycles. The fraction of sp³-hybridized carbons (Fsp3) is 0.261. The van der Waals surface area contributed by atoms with Gasteiger partial charge in [0.2, 0.25) is 0 Å². The normalized spacial score (nSPS) is 13.9. The number of nitrogens with two attached hydrogens (primary N) is 1. The van der Waals surface area contributed by atoms with Crippen molar-refractivity contribution in [2.45, 2.75) is 19.4 Å². The molecule has 0 fully saturated rings. The highest BCUT2D eigenvalue weighted by molar-refractivity contribution is 7.15. The predicted octanol–water partition coefficient (Wildman–Crippen LogP) is 3.76. The Morgan fingerprint density at radius 2 is 1.93 bits per heavy atom. The lowest BCUT2D eigenvalue weighted by Gasteiger charge is -2.15. The summed E-state index contributed by atoms with van der Waals surface area (Å²) in [5.41, 5.74) is 9.12. The van der Waals surface area contributed by atoms with Crippen LogP contribution >= 0.6 is 11.3 Å². The first-order valence-corrected chi connectivity index (χ1v) is 10.3. The molecule has 28 heavy (non-hydrogen) atoms. The predicted molar refractivity (Wildman–Crippen MR) is 114 cm³/mol. The van der Waals surface area contributed by atoms with E-state index in [-0.39, 0.29) is 0 Å². The second-order valence-corrected chi connectivity index (χ2v) is 7.92. The summed E-state index contributed by atoms with van der Waals surface area (Å²) in [7, 11) is 0. The molecular weight excluding hydrogens is 366 g/mol. The minimum atomic E-state index is 0.564. The molecule has 0 saturated carbocycles. The van der Waals surface area contributed by atoms with Crippen molar-refractivity contribution in [1.29, 1.82) is 0 Å². The van der Waals surface area contributed by atoms with E-state index in [2.05, 4.69) is 33.9 Å². The molecule has 4 rings (SSSR count). The van der Waals surface area contributed by atoms with E-state index in [1.165, 1.54) is 10.6 Å². The lowest BCUT2D eigenvalue weighted by atomic mass is 10.2. The highest BCUT2D eigenvalue weighted by Crippen LogP contribution is 2.24. The smallest absolute Gasteiger partial charge is 0.180 e. The maximum absolute atomic E-state index is 5.89. The van der Waals surface area contributed by atoms with E-state index in [9.17, 15) is 0 Å². The van der Waals surface area contributed by atoms with Crippen LogP contribution in [0.3, 0.4) is 0 Å². The first-order valence-electron chi connectivity index (χ1n) is 9.48. The van der Waals surface area contributed by atoms with Gasteiger partial charge in [-0.15, -0.1) is 11.3 Å². The number of hydrogen-bond acceptors (Lipinski definition) is 5. The Balaban J connectivity index is 1.31. The number of anilines is 1. The first kappa shape index (κ1) is 18.5. The number of nitrogens with zero attached hydrogens (tertiary/aromatic N) is 2. The Labute approximate surface area is 170 Å². The molecule has 0 radical (unpaired) electrons. The molecule has 1 aromatic heterocycles. The van der Waals surface area contributed by atoms with Gasteiger partial charge in [-0.3, -0.25) is 4.90 Å². The summed E-state index contributed by atoms with van der Waals surface area (Å²) in [6.07, 6.45) is 1.96. The summed E-state index contributed by atoms with van der Waals surface area (Å²) in [6, 6.07) is 18.2. The molecule has 142 valence electrons. The Morgan fingerprint density at radius 3 is 2.82 bits per heavy atom. The lowest BCUT2D eigenvalue weighted by Crippen LogP contribution is -2.26. The van der Waals surface area contributed by atoms with Crippen molar-refractivity contribution >= 4 is 16.5 Å². The molecule has 3 aromatic rings. The molecule has 4 nitrogen and oxygen atoms in total. The van der Waals surface area contributed by atoms with Crippen molar-refractivity contribution < 1.29 is 4.74 Å². The average molecular weight is 390 g/mol. The molecular formula is C23H23N3OS. The third-order valence-corrected chi connectivity index (χ3v) is 5.72. The number of thiazole rings is 1. The monoisotopic (exact) mass is 389 g/mol. The zero-order valence-electron chi connectivity index (χ0n) is 15.7. The molecule has 0 spiro atoms. The van der Waals surface area contributed by atoms with Gasteiger partial charge in [-0.05, 0) is 30.2 Å². The molecule has 0 atom stereocenters. The first-order chi connectivity index (χ1) is 13.8. The van der Waals surface area contributed by atoms with Gasteiger partial charge in [-0.1, -0.05) is 48.2 Å². The molecule has 2 N–H and O–H groups in total. The van der Waals surface area contributed by atoms with Gasteiger partial charge in [0.1, 0.15) is 12.4 Å². The van der Waals surface area contributed by atoms with E-state index >= 15 is 0 Å². The summed E-state index contributed by atoms with van der Waals surface area (Å²) in [5, 5.41) is 0.688. The van der Waals surface area contributed by atoms with E-state index in [0.29, 0.717) is 11.7 Å². The molecule has 0 aliphatic carbocycles. The molecule has 1 aliphatic rings. The van der Waals surface area contributed by atoms with E-state index < -0.39 is 0 Å². The molecule has 2 heterocycles. The number of rotatable bonds is 4. The maximum atomic E-state index is 5.89. The van der Waals surface area contributed by atoms with Crippen molar-refractivity contribution in [1.82, 2.24) is 9.88 Å². The second-order valence-electron chi connectivity index (χ2n) is 6.80. The average Bonchev–Trinajstić information content (AvgIpc) is 2.98. The van der Waals surface area contributed by atoms with Gasteiger partial charge in [0.25, 0.3) is 0 Å². The van der Waals surface area contributed by atoms with E-state index in [1.54, 1.807) is 11.3 Å². The SMILES string of the molecule is Nc1nc2c(s1)CCN(CC#Cc1cccc(OCc3ccccc3)c1)CC2. The van der Waals surface area contributed by atoms with Crippen molar-refractivity contribution in [2.75, 3.05) is 25.4 Å². The zero-order valence-corrected chi connectivity index (χ0v) is 16.5. The van der Waals surface area contributed by atoms with Crippen LogP contribution in [0.2, 0.25) is 0 Å². The van der Waals surface area contributed by atoms with Crippen molar-refractivity contribution in [3.05, 3.63) is 76.3 Å². The van der Waals surface area contributed by atoms with Crippen LogP contribution in [0.15, 0.2) is 54.6 Å². The molecule has 0 bridgehead atoms. The number of fused-ring (bicyclic) bond motifs is 1. The Bertz CT molecular complexity index is 962. The van der Waals surface area contributed by atoms with Gasteiger partial charge in [0.15, 0.2) is 5.13 Å². The lowest BCUT2D eigenvalue weighted by molar-refractivity contribution is 0.306. The second kappa shape index (κ2) is 8.92. The third-order valence-electron chi connectivity index (χ3n) is 4.73. The maximum Gasteiger partial charge on any atom is 0.180 e. The van der Waals surface area contributed by atoms with Crippen molar-refractivity contribution in [2.24, 2.45) is 0 Å². The fourth-order valence-electron chi connectivity index (χ4n) is 3.25. The van der Waals surface area contributed by atoms with Crippen molar-refractivity contribution in [3.63, 3.8) is 0 Å². The molecule has 1 aliphatic heterocycles. The van der Waals surface area contributed by atoms with Crippen LogP contribution in [0.1, 0.15) is 21.7 Å². The topological polar surface area (TPSA) is 51.4 Å². The zero-order chi connectivity index (χ0) is 19.2. The van der Waals surface area contributed by atoms with Gasteiger partial charge < -0.3 is 10.5 Å². The van der Waals surface area contributed by atoms with Gasteiger partial charge in [0, 0.05) is 30.0 Å². The highest BCUT2D eigenvalue weighted by Gasteiger charge is 2.16. The van der Waals surface area contributed by atoms with Crippen LogP contribution in [0, 0.1) is 11.8 Å². The Kier molecular flexibility index (Phi) is 5.91. The number of hydrogen-bond donors (Lipinski definition) is 1. The quantitative estimate of drug-likeness (QED) is 0.691. The van der Waals surface area contributed by atoms with Crippen LogP contribution < -0.4 is 10.5 Å². The molecule has 2 aromatic carbocycles. The fourth-order valence-corrected chi connectivity index (χ4v) is 4.11. The summed E-state index contributed by atoms with van der Waals surface area (Å²) in [6.45, 7) is 3.31. The third kappa shape index (κ3) is 4.92. The number of nitrogen functional groups attached to an aromatic ring is 1. The Morgan fingerprint density at radius 1 is 1.07 bits per heavy atom. The van der Waals surface area contributed by atoms with E-state index in [0.717, 1.165) is 49.4 Å². The number of ether oxygens (including phenoxy) is 1. The van der Waals surface area contributed by atoms with Gasteiger partial charge >= 0.3 is 0 Å². The molecule has 0 unspecified atom stereocenters. The van der Waals surface area contributed by atoms with Crippen LogP contribution in [-0.4, -0.2) is 29.5 Å². The minimum Gasteiger partial charge on any atom is -0.489 e. The standard InChI is InChI=1S/C23H23N3OS/c24-23-25-21-11-14-26(15-12-22(21)28-23)13-5-9-18-8-4-10-20(16-18)27-17-19-6-2-1-3-7-19/h1-4,6-8,10,16H,11-15,17H2,(H2,24,25). The summed E-state index contributed by atoms with van der Waals surface area (Å²) >= 11 is 1.62. The number of aromatic nitrogens is 1. The van der Waals surface area contributed by atoms with Gasteiger partial charge in [-0.2, -0.15) is 0 Å². The molecule has 0 amide bonds. The summed E-state index contributed by atoms with van der Waals surface area (Å²) < 4.78 is 5.89. The highest BCUT2D eigenvalue weighted by atomic mass is 32.1. The Hall–Kier alpha value is -2.81. The van der Waals surface area contributed by atoms with Crippen LogP contribution in [0.4, 0.5) is 5.13 Å². The molecule has 5 heteroatoms. The summed E-state index contributed by atoms with van der Waals surface area (Å²) in [5.74, 6) is 7.43. The summed E-state index contributed by atoms with van der Waals surface area (Å²) in [4.78, 5) is 8.15. The minimum absolute atomic E-state index is 0.564. The van der Waals surface area contributed by atoms with Crippen LogP contribution in [0.25, 0.3) is 0 Å². The van der Waals surface area contributed by atoms with Crippen molar-refractivity contribution in [3.8, 4) is 17.6 Å². The number of benzene rings is 2. The van der Waals surface area contributed by atoms with Gasteiger partial charge in [-0.25, -0.2) is 4.98 Å². The van der Waals surface area contributed by atoms with Crippen LogP contribution in [-0.2, 0) is 19.4 Å². The van der Waals surface area contributed by atoms with E-state index in [1.807, 2.05) is 42.5 Å². The van der Waals surface area contributed by atoms with E-state index in [4.69, 9.17) is 10.5 Å². The largest absolute Gasteiger partial charge is 0.489 e. The van der Waals surface area contributed by atoms with Crippen LogP contribution in [0.5, 0.6) is 5.75 Å². The van der Waals surface area contributed by atoms with Gasteiger partial charge in [0.05, 0.1) is 12.2 Å².